The predicted molar refractivity (Wildman–Crippen MR) is 108 cm³/mol. The van der Waals surface area contributed by atoms with Crippen LogP contribution in [0.25, 0.3) is 0 Å². The van der Waals surface area contributed by atoms with Gasteiger partial charge in [-0.1, -0.05) is 6.42 Å². The van der Waals surface area contributed by atoms with E-state index in [0.717, 1.165) is 19.1 Å². The molecule has 6 heteroatoms. The highest BCUT2D eigenvalue weighted by molar-refractivity contribution is 14.0. The molecule has 4 aliphatic rings. The first-order valence-electron chi connectivity index (χ1n) is 9.10. The summed E-state index contributed by atoms with van der Waals surface area (Å²) in [5.74, 6) is 4.30. The molecular formula is C17H30IN3OS. The number of thioether (sulfide) groups is 1. The van der Waals surface area contributed by atoms with Crippen LogP contribution in [-0.4, -0.2) is 48.8 Å². The molecule has 0 bridgehead atoms. The van der Waals surface area contributed by atoms with E-state index in [1.807, 2.05) is 0 Å². The van der Waals surface area contributed by atoms with Gasteiger partial charge in [0.15, 0.2) is 5.96 Å². The number of fused-ring (bicyclic) bond motifs is 2. The molecule has 2 saturated heterocycles. The lowest BCUT2D eigenvalue weighted by atomic mass is 9.46. The molecule has 4 unspecified atom stereocenters. The smallest absolute Gasteiger partial charge is 0.191 e. The summed E-state index contributed by atoms with van der Waals surface area (Å²) in [6.07, 6.45) is 8.41. The van der Waals surface area contributed by atoms with Crippen molar-refractivity contribution in [1.82, 2.24) is 10.6 Å². The maximum atomic E-state index is 6.03. The average Bonchev–Trinajstić information content (AvgIpc) is 2.89. The molecule has 0 aromatic heterocycles. The van der Waals surface area contributed by atoms with Crippen LogP contribution in [0.3, 0.4) is 0 Å². The second kappa shape index (κ2) is 7.68. The lowest BCUT2D eigenvalue weighted by Gasteiger charge is -2.63. The third-order valence-corrected chi connectivity index (χ3v) is 7.36. The van der Waals surface area contributed by atoms with Crippen molar-refractivity contribution < 1.29 is 4.74 Å². The third kappa shape index (κ3) is 3.24. The SMILES string of the molecule is CCN=C(NC1CCCSC1)NC1C2CCOC2C12CCC2.I. The lowest BCUT2D eigenvalue weighted by molar-refractivity contribution is -0.171. The van der Waals surface area contributed by atoms with E-state index in [-0.39, 0.29) is 24.0 Å². The molecule has 2 heterocycles. The second-order valence-electron chi connectivity index (χ2n) is 7.33. The molecule has 4 nitrogen and oxygen atoms in total. The van der Waals surface area contributed by atoms with Crippen molar-refractivity contribution in [3.63, 3.8) is 0 Å². The van der Waals surface area contributed by atoms with Crippen molar-refractivity contribution in [1.29, 1.82) is 0 Å². The minimum absolute atomic E-state index is 0. The molecule has 0 radical (unpaired) electrons. The number of rotatable bonds is 3. The number of guanidine groups is 1. The predicted octanol–water partition coefficient (Wildman–Crippen LogP) is 3.01. The van der Waals surface area contributed by atoms with Gasteiger partial charge < -0.3 is 15.4 Å². The van der Waals surface area contributed by atoms with E-state index < -0.39 is 0 Å². The van der Waals surface area contributed by atoms with E-state index in [0.29, 0.717) is 29.5 Å². The van der Waals surface area contributed by atoms with Crippen LogP contribution in [0.5, 0.6) is 0 Å². The maximum absolute atomic E-state index is 6.03. The zero-order valence-electron chi connectivity index (χ0n) is 14.1. The Hall–Kier alpha value is 0.310. The molecular weight excluding hydrogens is 421 g/mol. The Morgan fingerprint density at radius 1 is 1.26 bits per heavy atom. The molecule has 4 rings (SSSR count). The highest BCUT2D eigenvalue weighted by Gasteiger charge is 2.66. The van der Waals surface area contributed by atoms with Gasteiger partial charge in [-0.15, -0.1) is 24.0 Å². The average molecular weight is 451 g/mol. The summed E-state index contributed by atoms with van der Waals surface area (Å²) in [5, 5.41) is 7.51. The Bertz CT molecular complexity index is 438. The molecule has 1 spiro atoms. The van der Waals surface area contributed by atoms with Crippen molar-refractivity contribution in [2.45, 2.75) is 63.6 Å². The third-order valence-electron chi connectivity index (χ3n) is 6.15. The molecule has 2 saturated carbocycles. The van der Waals surface area contributed by atoms with Gasteiger partial charge in [0.05, 0.1) is 6.10 Å². The number of aliphatic imine (C=N–C) groups is 1. The fourth-order valence-corrected chi connectivity index (χ4v) is 6.01. The highest BCUT2D eigenvalue weighted by Crippen LogP contribution is 2.62. The quantitative estimate of drug-likeness (QED) is 0.394. The van der Waals surface area contributed by atoms with Gasteiger partial charge in [-0.2, -0.15) is 11.8 Å². The molecule has 4 fully saturated rings. The van der Waals surface area contributed by atoms with Crippen LogP contribution in [0, 0.1) is 11.3 Å². The van der Waals surface area contributed by atoms with E-state index in [1.165, 1.54) is 50.0 Å². The van der Waals surface area contributed by atoms with E-state index in [2.05, 4.69) is 29.3 Å². The second-order valence-corrected chi connectivity index (χ2v) is 8.48. The summed E-state index contributed by atoms with van der Waals surface area (Å²) in [6.45, 7) is 3.93. The van der Waals surface area contributed by atoms with Crippen LogP contribution in [0.2, 0.25) is 0 Å². The van der Waals surface area contributed by atoms with Crippen LogP contribution >= 0.6 is 35.7 Å². The molecule has 23 heavy (non-hydrogen) atoms. The fraction of sp³-hybridized carbons (Fsp3) is 0.941. The molecule has 0 amide bonds. The van der Waals surface area contributed by atoms with Gasteiger partial charge in [-0.3, -0.25) is 4.99 Å². The summed E-state index contributed by atoms with van der Waals surface area (Å²) in [7, 11) is 0. The van der Waals surface area contributed by atoms with E-state index in [4.69, 9.17) is 9.73 Å². The van der Waals surface area contributed by atoms with Crippen LogP contribution in [0.15, 0.2) is 4.99 Å². The first-order chi connectivity index (χ1) is 10.8. The Morgan fingerprint density at radius 2 is 2.13 bits per heavy atom. The Kier molecular flexibility index (Phi) is 6.05. The number of ether oxygens (including phenoxy) is 1. The summed E-state index contributed by atoms with van der Waals surface area (Å²) in [4.78, 5) is 4.72. The minimum atomic E-state index is 0. The van der Waals surface area contributed by atoms with Crippen molar-refractivity contribution in [3.05, 3.63) is 0 Å². The summed E-state index contributed by atoms with van der Waals surface area (Å²) in [5.41, 5.74) is 0.429. The number of hydrogen-bond acceptors (Lipinski definition) is 3. The molecule has 2 N–H and O–H groups in total. The number of nitrogens with one attached hydrogen (secondary N) is 2. The Morgan fingerprint density at radius 3 is 2.78 bits per heavy atom. The monoisotopic (exact) mass is 451 g/mol. The van der Waals surface area contributed by atoms with Gasteiger partial charge in [0, 0.05) is 42.3 Å². The Labute approximate surface area is 161 Å². The first kappa shape index (κ1) is 18.1. The molecule has 132 valence electrons. The summed E-state index contributed by atoms with van der Waals surface area (Å²) >= 11 is 2.07. The van der Waals surface area contributed by atoms with Crippen LogP contribution in [0.4, 0.5) is 0 Å². The van der Waals surface area contributed by atoms with E-state index in [9.17, 15) is 0 Å². The fourth-order valence-electron chi connectivity index (χ4n) is 4.94. The van der Waals surface area contributed by atoms with Crippen molar-refractivity contribution in [2.24, 2.45) is 16.3 Å². The van der Waals surface area contributed by atoms with Gasteiger partial charge in [0.1, 0.15) is 0 Å². The normalized spacial score (nSPS) is 38.0. The Balaban J connectivity index is 0.00000156. The largest absolute Gasteiger partial charge is 0.377 e. The molecule has 0 aromatic carbocycles. The standard InChI is InChI=1S/C17H29N3OS.HI/c1-2-18-16(19-12-5-3-10-22-11-12)20-14-13-6-9-21-15(13)17(14)7-4-8-17;/h12-15H,2-11H2,1H3,(H2,18,19,20);1H. The van der Waals surface area contributed by atoms with Gasteiger partial charge in [0.25, 0.3) is 0 Å². The summed E-state index contributed by atoms with van der Waals surface area (Å²) in [6, 6.07) is 1.17. The topological polar surface area (TPSA) is 45.7 Å². The highest BCUT2D eigenvalue weighted by atomic mass is 127. The van der Waals surface area contributed by atoms with Crippen molar-refractivity contribution >= 4 is 41.7 Å². The minimum Gasteiger partial charge on any atom is -0.377 e. The van der Waals surface area contributed by atoms with Gasteiger partial charge in [0.2, 0.25) is 0 Å². The zero-order valence-corrected chi connectivity index (χ0v) is 17.2. The van der Waals surface area contributed by atoms with Crippen molar-refractivity contribution in [2.75, 3.05) is 24.7 Å². The van der Waals surface area contributed by atoms with Gasteiger partial charge in [-0.05, 0) is 44.8 Å². The van der Waals surface area contributed by atoms with Crippen molar-refractivity contribution in [3.8, 4) is 0 Å². The molecule has 0 aromatic rings. The first-order valence-corrected chi connectivity index (χ1v) is 10.3. The maximum Gasteiger partial charge on any atom is 0.191 e. The van der Waals surface area contributed by atoms with E-state index in [1.54, 1.807) is 0 Å². The zero-order chi connectivity index (χ0) is 15.0. The summed E-state index contributed by atoms with van der Waals surface area (Å²) < 4.78 is 6.03. The molecule has 4 atom stereocenters. The molecule has 2 aliphatic carbocycles. The van der Waals surface area contributed by atoms with Gasteiger partial charge in [-0.25, -0.2) is 0 Å². The van der Waals surface area contributed by atoms with E-state index >= 15 is 0 Å². The van der Waals surface area contributed by atoms with Crippen LogP contribution < -0.4 is 10.6 Å². The van der Waals surface area contributed by atoms with Crippen LogP contribution in [-0.2, 0) is 4.74 Å². The van der Waals surface area contributed by atoms with Gasteiger partial charge >= 0.3 is 0 Å². The number of hydrogen-bond donors (Lipinski definition) is 2. The number of halogens is 1. The number of nitrogens with zero attached hydrogens (tertiary/aromatic N) is 1. The lowest BCUT2D eigenvalue weighted by Crippen LogP contribution is -2.72. The van der Waals surface area contributed by atoms with Crippen LogP contribution in [0.1, 0.15) is 45.4 Å². The molecule has 2 aliphatic heterocycles.